The number of hydrogen-bond acceptors (Lipinski definition) is 4. The summed E-state index contributed by atoms with van der Waals surface area (Å²) in [6.07, 6.45) is 0. The van der Waals surface area contributed by atoms with E-state index < -0.39 is 4.92 Å². The van der Waals surface area contributed by atoms with Crippen molar-refractivity contribution in [2.24, 2.45) is 0 Å². The van der Waals surface area contributed by atoms with Gasteiger partial charge in [0.05, 0.1) is 16.0 Å². The molecule has 0 spiro atoms. The SMILES string of the molecule is O=[N+]([O-])c1ccc(Oc2nc3ccccc3[nH]2)cc1. The lowest BCUT2D eigenvalue weighted by atomic mass is 10.3. The molecule has 0 bridgehead atoms. The predicted molar refractivity (Wildman–Crippen MR) is 69.3 cm³/mol. The maximum absolute atomic E-state index is 10.5. The number of aromatic nitrogens is 2. The van der Waals surface area contributed by atoms with E-state index in [-0.39, 0.29) is 5.69 Å². The fourth-order valence-corrected chi connectivity index (χ4v) is 1.73. The highest BCUT2D eigenvalue weighted by Gasteiger charge is 2.07. The number of nitro benzene ring substituents is 1. The Morgan fingerprint density at radius 3 is 2.53 bits per heavy atom. The summed E-state index contributed by atoms with van der Waals surface area (Å²) in [5, 5.41) is 10.5. The van der Waals surface area contributed by atoms with E-state index in [1.807, 2.05) is 24.3 Å². The third-order valence-corrected chi connectivity index (χ3v) is 2.63. The number of nitrogens with zero attached hydrogens (tertiary/aromatic N) is 2. The van der Waals surface area contributed by atoms with Crippen molar-refractivity contribution in [1.82, 2.24) is 9.97 Å². The van der Waals surface area contributed by atoms with Gasteiger partial charge in [0.15, 0.2) is 0 Å². The van der Waals surface area contributed by atoms with Gasteiger partial charge in [0, 0.05) is 12.1 Å². The van der Waals surface area contributed by atoms with Gasteiger partial charge in [-0.1, -0.05) is 12.1 Å². The minimum Gasteiger partial charge on any atom is -0.426 e. The van der Waals surface area contributed by atoms with E-state index in [0.717, 1.165) is 11.0 Å². The molecule has 19 heavy (non-hydrogen) atoms. The minimum absolute atomic E-state index is 0.0250. The average Bonchev–Trinajstić information content (AvgIpc) is 2.81. The van der Waals surface area contributed by atoms with Crippen molar-refractivity contribution in [3.05, 3.63) is 58.6 Å². The van der Waals surface area contributed by atoms with Gasteiger partial charge < -0.3 is 9.72 Å². The van der Waals surface area contributed by atoms with Gasteiger partial charge in [-0.15, -0.1) is 0 Å². The van der Waals surface area contributed by atoms with Crippen LogP contribution in [0.2, 0.25) is 0 Å². The normalized spacial score (nSPS) is 10.5. The lowest BCUT2D eigenvalue weighted by Crippen LogP contribution is -1.89. The smallest absolute Gasteiger partial charge is 0.300 e. The highest BCUT2D eigenvalue weighted by atomic mass is 16.6. The number of H-pyrrole nitrogens is 1. The summed E-state index contributed by atoms with van der Waals surface area (Å²) in [6, 6.07) is 13.7. The Balaban J connectivity index is 1.86. The van der Waals surface area contributed by atoms with Gasteiger partial charge in [-0.25, -0.2) is 0 Å². The molecule has 0 aliphatic carbocycles. The van der Waals surface area contributed by atoms with Crippen LogP contribution in [0, 0.1) is 10.1 Å². The monoisotopic (exact) mass is 255 g/mol. The van der Waals surface area contributed by atoms with E-state index in [9.17, 15) is 10.1 Å². The van der Waals surface area contributed by atoms with Gasteiger partial charge in [-0.3, -0.25) is 10.1 Å². The van der Waals surface area contributed by atoms with Gasteiger partial charge >= 0.3 is 0 Å². The first-order chi connectivity index (χ1) is 9.22. The zero-order valence-corrected chi connectivity index (χ0v) is 9.74. The zero-order valence-electron chi connectivity index (χ0n) is 9.74. The van der Waals surface area contributed by atoms with Gasteiger partial charge in [0.25, 0.3) is 11.7 Å². The highest BCUT2D eigenvalue weighted by molar-refractivity contribution is 5.75. The second kappa shape index (κ2) is 4.41. The minimum atomic E-state index is -0.453. The average molecular weight is 255 g/mol. The second-order valence-electron chi connectivity index (χ2n) is 3.91. The molecule has 0 fully saturated rings. The van der Waals surface area contributed by atoms with E-state index >= 15 is 0 Å². The van der Waals surface area contributed by atoms with E-state index in [4.69, 9.17) is 4.74 Å². The maximum Gasteiger partial charge on any atom is 0.300 e. The van der Waals surface area contributed by atoms with Crippen molar-refractivity contribution >= 4 is 16.7 Å². The Hall–Kier alpha value is -2.89. The summed E-state index contributed by atoms with van der Waals surface area (Å²) in [7, 11) is 0. The number of ether oxygens (including phenoxy) is 1. The molecule has 1 heterocycles. The Morgan fingerprint density at radius 1 is 1.11 bits per heavy atom. The number of non-ortho nitro benzene ring substituents is 1. The van der Waals surface area contributed by atoms with Crippen LogP contribution in [0.3, 0.4) is 0 Å². The molecule has 0 radical (unpaired) electrons. The van der Waals surface area contributed by atoms with Crippen LogP contribution in [0.15, 0.2) is 48.5 Å². The Morgan fingerprint density at radius 2 is 1.84 bits per heavy atom. The number of para-hydroxylation sites is 2. The Labute approximate surface area is 107 Å². The molecule has 3 aromatic rings. The molecule has 2 aromatic carbocycles. The molecule has 0 aliphatic heterocycles. The molecule has 0 amide bonds. The molecule has 1 N–H and O–H groups in total. The summed E-state index contributed by atoms with van der Waals surface area (Å²) < 4.78 is 5.51. The van der Waals surface area contributed by atoms with E-state index in [1.165, 1.54) is 24.3 Å². The highest BCUT2D eigenvalue weighted by Crippen LogP contribution is 2.23. The number of nitro groups is 1. The van der Waals surface area contributed by atoms with Gasteiger partial charge in [0.2, 0.25) is 0 Å². The fraction of sp³-hybridized carbons (Fsp3) is 0. The number of nitrogens with one attached hydrogen (secondary N) is 1. The van der Waals surface area contributed by atoms with Crippen LogP contribution in [0.4, 0.5) is 5.69 Å². The van der Waals surface area contributed by atoms with Crippen molar-refractivity contribution in [2.75, 3.05) is 0 Å². The zero-order chi connectivity index (χ0) is 13.2. The van der Waals surface area contributed by atoms with Crippen molar-refractivity contribution < 1.29 is 9.66 Å². The molecule has 6 nitrogen and oxygen atoms in total. The van der Waals surface area contributed by atoms with Crippen LogP contribution >= 0.6 is 0 Å². The summed E-state index contributed by atoms with van der Waals surface area (Å²) in [6.45, 7) is 0. The summed E-state index contributed by atoms with van der Waals surface area (Å²) in [5.41, 5.74) is 1.70. The van der Waals surface area contributed by atoms with Crippen LogP contribution in [0.1, 0.15) is 0 Å². The van der Waals surface area contributed by atoms with Crippen LogP contribution in [-0.2, 0) is 0 Å². The molecule has 0 saturated heterocycles. The van der Waals surface area contributed by atoms with Crippen molar-refractivity contribution in [3.8, 4) is 11.8 Å². The Bertz CT molecular complexity index is 701. The molecule has 0 aliphatic rings. The first kappa shape index (κ1) is 11.2. The summed E-state index contributed by atoms with van der Waals surface area (Å²) in [5.74, 6) is 0.490. The third kappa shape index (κ3) is 2.23. The fourth-order valence-electron chi connectivity index (χ4n) is 1.73. The van der Waals surface area contributed by atoms with E-state index in [0.29, 0.717) is 11.8 Å². The molecular weight excluding hydrogens is 246 g/mol. The van der Waals surface area contributed by atoms with Crippen LogP contribution in [0.5, 0.6) is 11.8 Å². The molecule has 0 atom stereocenters. The maximum atomic E-state index is 10.5. The van der Waals surface area contributed by atoms with Gasteiger partial charge in [-0.2, -0.15) is 4.98 Å². The molecule has 0 saturated carbocycles. The quantitative estimate of drug-likeness (QED) is 0.575. The molecule has 3 rings (SSSR count). The van der Waals surface area contributed by atoms with Crippen molar-refractivity contribution in [1.29, 1.82) is 0 Å². The standard InChI is InChI=1S/C13H9N3O3/c17-16(18)9-5-7-10(8-6-9)19-13-14-11-3-1-2-4-12(11)15-13/h1-8H,(H,14,15). The number of aromatic amines is 1. The first-order valence-corrected chi connectivity index (χ1v) is 5.59. The van der Waals surface area contributed by atoms with Crippen LogP contribution in [0.25, 0.3) is 11.0 Å². The second-order valence-corrected chi connectivity index (χ2v) is 3.91. The van der Waals surface area contributed by atoms with Gasteiger partial charge in [-0.05, 0) is 24.3 Å². The third-order valence-electron chi connectivity index (χ3n) is 2.63. The lowest BCUT2D eigenvalue weighted by Gasteiger charge is -2.00. The van der Waals surface area contributed by atoms with E-state index in [2.05, 4.69) is 9.97 Å². The topological polar surface area (TPSA) is 81.1 Å². The number of benzene rings is 2. The summed E-state index contributed by atoms with van der Waals surface area (Å²) in [4.78, 5) is 17.3. The number of fused-ring (bicyclic) bond motifs is 1. The first-order valence-electron chi connectivity index (χ1n) is 5.59. The molecule has 0 unspecified atom stereocenters. The van der Waals surface area contributed by atoms with E-state index in [1.54, 1.807) is 0 Å². The molecule has 1 aromatic heterocycles. The Kier molecular flexibility index (Phi) is 2.60. The predicted octanol–water partition coefficient (Wildman–Crippen LogP) is 3.26. The number of rotatable bonds is 3. The van der Waals surface area contributed by atoms with Crippen LogP contribution in [-0.4, -0.2) is 14.9 Å². The summed E-state index contributed by atoms with van der Waals surface area (Å²) >= 11 is 0. The number of imidazole rings is 1. The lowest BCUT2D eigenvalue weighted by molar-refractivity contribution is -0.384. The molecule has 94 valence electrons. The number of hydrogen-bond donors (Lipinski definition) is 1. The van der Waals surface area contributed by atoms with Crippen molar-refractivity contribution in [2.45, 2.75) is 0 Å². The van der Waals surface area contributed by atoms with Crippen molar-refractivity contribution in [3.63, 3.8) is 0 Å². The largest absolute Gasteiger partial charge is 0.426 e. The van der Waals surface area contributed by atoms with Crippen LogP contribution < -0.4 is 4.74 Å². The molecular formula is C13H9N3O3. The molecule has 6 heteroatoms. The van der Waals surface area contributed by atoms with Gasteiger partial charge in [0.1, 0.15) is 5.75 Å².